The second-order valence-electron chi connectivity index (χ2n) is 6.86. The third-order valence-electron chi connectivity index (χ3n) is 4.68. The van der Waals surface area contributed by atoms with Gasteiger partial charge in [-0.3, -0.25) is 4.79 Å². The van der Waals surface area contributed by atoms with Crippen molar-refractivity contribution in [2.24, 2.45) is 0 Å². The van der Waals surface area contributed by atoms with Gasteiger partial charge in [0.25, 0.3) is 5.91 Å². The number of carbonyl (C=O) groups excluding carboxylic acids is 1. The molecule has 1 amide bonds. The van der Waals surface area contributed by atoms with Crippen LogP contribution in [-0.2, 0) is 11.2 Å². The van der Waals surface area contributed by atoms with Crippen LogP contribution < -0.4 is 10.1 Å². The zero-order valence-corrected chi connectivity index (χ0v) is 17.7. The Bertz CT molecular complexity index is 1160. The van der Waals surface area contributed by atoms with Gasteiger partial charge in [-0.2, -0.15) is 9.78 Å². The number of hydrogen-bond donors (Lipinski definition) is 1. The van der Waals surface area contributed by atoms with E-state index in [4.69, 9.17) is 16.3 Å². The third-order valence-corrected chi connectivity index (χ3v) is 4.94. The lowest BCUT2D eigenvalue weighted by Crippen LogP contribution is -2.22. The van der Waals surface area contributed by atoms with Gasteiger partial charge in [0.05, 0.1) is 5.69 Å². The van der Waals surface area contributed by atoms with Gasteiger partial charge in [-0.25, -0.2) is 4.98 Å². The molecule has 0 bridgehead atoms. The van der Waals surface area contributed by atoms with Gasteiger partial charge in [0.15, 0.2) is 12.4 Å². The van der Waals surface area contributed by atoms with E-state index in [-0.39, 0.29) is 12.5 Å². The number of carbonyl (C=O) groups is 1. The van der Waals surface area contributed by atoms with E-state index in [1.165, 1.54) is 5.56 Å². The summed E-state index contributed by atoms with van der Waals surface area (Å²) in [6, 6.07) is 22.4. The van der Waals surface area contributed by atoms with E-state index in [0.717, 1.165) is 12.0 Å². The molecule has 0 aliphatic rings. The van der Waals surface area contributed by atoms with Crippen LogP contribution in [0.3, 0.4) is 0 Å². The number of nitrogens with zero attached hydrogens (tertiary/aromatic N) is 3. The predicted octanol–water partition coefficient (Wildman–Crippen LogP) is 5.17. The Morgan fingerprint density at radius 2 is 1.84 bits per heavy atom. The van der Waals surface area contributed by atoms with E-state index < -0.39 is 0 Å². The molecule has 7 heteroatoms. The highest BCUT2D eigenvalue weighted by atomic mass is 35.5. The minimum Gasteiger partial charge on any atom is -0.484 e. The highest BCUT2D eigenvalue weighted by Gasteiger charge is 2.15. The number of aromatic nitrogens is 3. The van der Waals surface area contributed by atoms with Crippen LogP contribution in [0.5, 0.6) is 5.75 Å². The van der Waals surface area contributed by atoms with Crippen LogP contribution in [0.15, 0.2) is 79.0 Å². The molecular weight excluding hydrogens is 412 g/mol. The summed E-state index contributed by atoms with van der Waals surface area (Å²) in [6.07, 6.45) is 2.63. The fourth-order valence-electron chi connectivity index (χ4n) is 3.03. The lowest BCUT2D eigenvalue weighted by Gasteiger charge is -2.09. The molecule has 2 heterocycles. The molecule has 0 aliphatic heterocycles. The van der Waals surface area contributed by atoms with Crippen LogP contribution in [0.4, 0.5) is 5.82 Å². The number of halogens is 1. The molecule has 0 radical (unpaired) electrons. The molecule has 2 aromatic carbocycles. The molecule has 0 fully saturated rings. The number of anilines is 1. The number of nitrogens with one attached hydrogen (secondary N) is 1. The molecule has 0 spiro atoms. The summed E-state index contributed by atoms with van der Waals surface area (Å²) in [5, 5.41) is 8.14. The summed E-state index contributed by atoms with van der Waals surface area (Å²) in [6.45, 7) is 1.97. The standard InChI is InChI=1S/C24H21ClN4O2/c1-2-17-6-12-20(13-7-17)31-16-24(30)27-23-15-21(18-8-10-19(25)11-9-18)28-29(23)22-5-3-4-14-26-22/h3-15H,2,16H2,1H3,(H,27,30). The molecule has 156 valence electrons. The number of rotatable bonds is 7. The highest BCUT2D eigenvalue weighted by Crippen LogP contribution is 2.25. The van der Waals surface area contributed by atoms with Crippen molar-refractivity contribution >= 4 is 23.3 Å². The number of benzene rings is 2. The van der Waals surface area contributed by atoms with Gasteiger partial charge in [-0.05, 0) is 48.4 Å². The van der Waals surface area contributed by atoms with Gasteiger partial charge in [0, 0.05) is 22.8 Å². The van der Waals surface area contributed by atoms with Crippen molar-refractivity contribution in [1.29, 1.82) is 0 Å². The number of pyridine rings is 1. The van der Waals surface area contributed by atoms with Crippen molar-refractivity contribution in [1.82, 2.24) is 14.8 Å². The van der Waals surface area contributed by atoms with Crippen molar-refractivity contribution < 1.29 is 9.53 Å². The molecule has 2 aromatic heterocycles. The summed E-state index contributed by atoms with van der Waals surface area (Å²) in [4.78, 5) is 16.9. The number of ether oxygens (including phenoxy) is 1. The van der Waals surface area contributed by atoms with E-state index in [0.29, 0.717) is 28.1 Å². The topological polar surface area (TPSA) is 69.0 Å². The molecular formula is C24H21ClN4O2. The normalized spacial score (nSPS) is 10.6. The largest absolute Gasteiger partial charge is 0.484 e. The van der Waals surface area contributed by atoms with Crippen molar-refractivity contribution in [2.45, 2.75) is 13.3 Å². The Kier molecular flexibility index (Phi) is 6.29. The Labute approximate surface area is 185 Å². The predicted molar refractivity (Wildman–Crippen MR) is 122 cm³/mol. The fourth-order valence-corrected chi connectivity index (χ4v) is 3.16. The quantitative estimate of drug-likeness (QED) is 0.437. The second-order valence-corrected chi connectivity index (χ2v) is 7.29. The fraction of sp³-hybridized carbons (Fsp3) is 0.125. The van der Waals surface area contributed by atoms with Crippen LogP contribution >= 0.6 is 11.6 Å². The zero-order chi connectivity index (χ0) is 21.6. The maximum atomic E-state index is 12.6. The molecule has 1 N–H and O–H groups in total. The van der Waals surface area contributed by atoms with Crippen molar-refractivity contribution in [3.8, 4) is 22.8 Å². The SMILES string of the molecule is CCc1ccc(OCC(=O)Nc2cc(-c3ccc(Cl)cc3)nn2-c2ccccn2)cc1. The Hall–Kier alpha value is -3.64. The minimum atomic E-state index is -0.292. The summed E-state index contributed by atoms with van der Waals surface area (Å²) in [5.41, 5.74) is 2.78. The summed E-state index contributed by atoms with van der Waals surface area (Å²) < 4.78 is 7.21. The highest BCUT2D eigenvalue weighted by molar-refractivity contribution is 6.30. The molecule has 4 rings (SSSR count). The molecule has 6 nitrogen and oxygen atoms in total. The minimum absolute atomic E-state index is 0.116. The Balaban J connectivity index is 1.54. The monoisotopic (exact) mass is 432 g/mol. The van der Waals surface area contributed by atoms with Crippen LogP contribution in [-0.4, -0.2) is 27.3 Å². The molecule has 0 aliphatic carbocycles. The Morgan fingerprint density at radius 1 is 1.06 bits per heavy atom. The number of amides is 1. The lowest BCUT2D eigenvalue weighted by molar-refractivity contribution is -0.118. The molecule has 0 atom stereocenters. The van der Waals surface area contributed by atoms with Gasteiger partial charge in [0.1, 0.15) is 11.6 Å². The molecule has 4 aromatic rings. The van der Waals surface area contributed by atoms with E-state index >= 15 is 0 Å². The van der Waals surface area contributed by atoms with Gasteiger partial charge in [0.2, 0.25) is 0 Å². The first-order valence-electron chi connectivity index (χ1n) is 9.91. The van der Waals surface area contributed by atoms with E-state index in [1.54, 1.807) is 29.1 Å². The van der Waals surface area contributed by atoms with Crippen molar-refractivity contribution in [3.05, 3.63) is 89.6 Å². The van der Waals surface area contributed by atoms with E-state index in [9.17, 15) is 4.79 Å². The second kappa shape index (κ2) is 9.45. The van der Waals surface area contributed by atoms with Crippen LogP contribution in [0.1, 0.15) is 12.5 Å². The van der Waals surface area contributed by atoms with Gasteiger partial charge in [-0.1, -0.05) is 48.9 Å². The zero-order valence-electron chi connectivity index (χ0n) is 17.0. The van der Waals surface area contributed by atoms with E-state index in [2.05, 4.69) is 22.3 Å². The van der Waals surface area contributed by atoms with Crippen LogP contribution in [0.2, 0.25) is 5.02 Å². The summed E-state index contributed by atoms with van der Waals surface area (Å²) in [5.74, 6) is 1.44. The lowest BCUT2D eigenvalue weighted by atomic mass is 10.1. The summed E-state index contributed by atoms with van der Waals surface area (Å²) >= 11 is 6.00. The molecule has 31 heavy (non-hydrogen) atoms. The first-order chi connectivity index (χ1) is 15.1. The molecule has 0 saturated heterocycles. The smallest absolute Gasteiger partial charge is 0.263 e. The van der Waals surface area contributed by atoms with Crippen LogP contribution in [0.25, 0.3) is 17.1 Å². The van der Waals surface area contributed by atoms with Crippen molar-refractivity contribution in [2.75, 3.05) is 11.9 Å². The number of hydrogen-bond acceptors (Lipinski definition) is 4. The summed E-state index contributed by atoms with van der Waals surface area (Å²) in [7, 11) is 0. The Morgan fingerprint density at radius 3 is 2.52 bits per heavy atom. The van der Waals surface area contributed by atoms with Gasteiger partial charge in [-0.15, -0.1) is 0 Å². The third kappa shape index (κ3) is 5.10. The van der Waals surface area contributed by atoms with E-state index in [1.807, 2.05) is 54.6 Å². The molecule has 0 saturated carbocycles. The van der Waals surface area contributed by atoms with Gasteiger partial charge < -0.3 is 10.1 Å². The average molecular weight is 433 g/mol. The number of aryl methyl sites for hydroxylation is 1. The van der Waals surface area contributed by atoms with Crippen LogP contribution in [0, 0.1) is 0 Å². The maximum Gasteiger partial charge on any atom is 0.263 e. The first kappa shape index (κ1) is 20.6. The first-order valence-corrected chi connectivity index (χ1v) is 10.3. The van der Waals surface area contributed by atoms with Gasteiger partial charge >= 0.3 is 0 Å². The van der Waals surface area contributed by atoms with Crippen molar-refractivity contribution in [3.63, 3.8) is 0 Å². The maximum absolute atomic E-state index is 12.6. The molecule has 0 unspecified atom stereocenters. The average Bonchev–Trinajstić information content (AvgIpc) is 3.22.